The summed E-state index contributed by atoms with van der Waals surface area (Å²) in [6, 6.07) is 5.94. The molecule has 3 aliphatic rings. The Bertz CT molecular complexity index is 1520. The van der Waals surface area contributed by atoms with E-state index in [0.717, 1.165) is 0 Å². The van der Waals surface area contributed by atoms with Gasteiger partial charge in [0.05, 0.1) is 21.3 Å². The Labute approximate surface area is 254 Å². The van der Waals surface area contributed by atoms with Crippen molar-refractivity contribution in [1.82, 2.24) is 9.80 Å². The molecule has 2 N–H and O–H groups in total. The molecule has 1 aliphatic carbocycles. The largest absolute Gasteiger partial charge is 0.507 e. The molecule has 2 heterocycles. The number of amides is 1. The minimum Gasteiger partial charge on any atom is -0.507 e. The van der Waals surface area contributed by atoms with Crippen LogP contribution in [0, 0.1) is 5.92 Å². The average Bonchev–Trinajstić information content (AvgIpc) is 3.31. The van der Waals surface area contributed by atoms with Crippen molar-refractivity contribution < 1.29 is 43.5 Å². The first-order valence-corrected chi connectivity index (χ1v) is 14.3. The van der Waals surface area contributed by atoms with Gasteiger partial charge in [-0.3, -0.25) is 14.4 Å². The molecule has 1 fully saturated rings. The van der Waals surface area contributed by atoms with Gasteiger partial charge in [-0.05, 0) is 24.7 Å². The Kier molecular flexibility index (Phi) is 8.24. The van der Waals surface area contributed by atoms with Crippen molar-refractivity contribution in [3.8, 4) is 28.7 Å². The highest BCUT2D eigenvalue weighted by Gasteiger charge is 2.61. The predicted molar refractivity (Wildman–Crippen MR) is 157 cm³/mol. The molecule has 43 heavy (non-hydrogen) atoms. The smallest absolute Gasteiger partial charge is 0.231 e. The summed E-state index contributed by atoms with van der Waals surface area (Å²) in [5, 5.41) is 22.3. The van der Waals surface area contributed by atoms with Crippen molar-refractivity contribution in [1.29, 1.82) is 0 Å². The summed E-state index contributed by atoms with van der Waals surface area (Å²) < 4.78 is 22.4. The number of ether oxygens (including phenoxy) is 4. The number of phenols is 1. The number of benzene rings is 2. The lowest BCUT2D eigenvalue weighted by atomic mass is 9.69. The summed E-state index contributed by atoms with van der Waals surface area (Å²) in [5.74, 6) is -3.30. The summed E-state index contributed by atoms with van der Waals surface area (Å²) in [5.41, 5.74) is -1.64. The quantitative estimate of drug-likeness (QED) is 0.475. The van der Waals surface area contributed by atoms with Gasteiger partial charge in [0, 0.05) is 62.5 Å². The van der Waals surface area contributed by atoms with E-state index in [2.05, 4.69) is 4.90 Å². The Morgan fingerprint density at radius 2 is 1.70 bits per heavy atom. The highest BCUT2D eigenvalue weighted by molar-refractivity contribution is 6.35. The molecule has 2 aliphatic heterocycles. The number of halogens is 1. The minimum atomic E-state index is -2.00. The third-order valence-electron chi connectivity index (χ3n) is 8.70. The molecule has 0 bridgehead atoms. The molecule has 2 aromatic rings. The molecule has 5 rings (SSSR count). The summed E-state index contributed by atoms with van der Waals surface area (Å²) >= 11 is 6.57. The zero-order valence-electron chi connectivity index (χ0n) is 24.7. The number of fused-ring (bicyclic) bond motifs is 1. The molecule has 230 valence electrons. The number of aromatic hydroxyl groups is 1. The third kappa shape index (κ3) is 4.94. The molecule has 1 amide bonds. The van der Waals surface area contributed by atoms with Crippen LogP contribution in [-0.4, -0.2) is 97.6 Å². The van der Waals surface area contributed by atoms with Crippen LogP contribution in [-0.2, 0) is 9.59 Å². The Hall–Kier alpha value is -3.96. The van der Waals surface area contributed by atoms with Crippen LogP contribution in [0.5, 0.6) is 28.7 Å². The average molecular weight is 615 g/mol. The van der Waals surface area contributed by atoms with Crippen LogP contribution in [0.1, 0.15) is 41.6 Å². The SMILES string of the molecule is COc1cc(C(CC(=O)N2CCN(C)CC2)C2=C(O)[C@@]3(Oc4c(Cl)c(OC)cc(OC)c4C3=O)[C@H](C)CC2=O)ccc1O. The molecule has 2 aromatic carbocycles. The number of likely N-dealkylation sites (N-methyl/N-ethyl adjacent to an activating group) is 1. The molecule has 0 radical (unpaired) electrons. The number of methoxy groups -OCH3 is 3. The van der Waals surface area contributed by atoms with E-state index in [1.165, 1.54) is 39.5 Å². The van der Waals surface area contributed by atoms with Crippen LogP contribution in [0.3, 0.4) is 0 Å². The maximum atomic E-state index is 14.2. The maximum absolute atomic E-state index is 14.2. The van der Waals surface area contributed by atoms with E-state index in [0.29, 0.717) is 31.7 Å². The van der Waals surface area contributed by atoms with Crippen molar-refractivity contribution in [2.45, 2.75) is 31.3 Å². The highest BCUT2D eigenvalue weighted by atomic mass is 35.5. The number of carbonyl (C=O) groups excluding carboxylic acids is 3. The van der Waals surface area contributed by atoms with Gasteiger partial charge in [-0.25, -0.2) is 0 Å². The predicted octanol–water partition coefficient (Wildman–Crippen LogP) is 3.75. The molecule has 1 unspecified atom stereocenters. The van der Waals surface area contributed by atoms with Gasteiger partial charge in [-0.2, -0.15) is 0 Å². The van der Waals surface area contributed by atoms with Crippen LogP contribution < -0.4 is 18.9 Å². The summed E-state index contributed by atoms with van der Waals surface area (Å²) in [4.78, 5) is 45.5. The van der Waals surface area contributed by atoms with Gasteiger partial charge in [0.25, 0.3) is 0 Å². The number of Topliss-reactive ketones (excluding diaryl/α,β-unsaturated/α-hetero) is 2. The van der Waals surface area contributed by atoms with E-state index in [-0.39, 0.29) is 63.7 Å². The van der Waals surface area contributed by atoms with Gasteiger partial charge >= 0.3 is 0 Å². The molecule has 0 saturated carbocycles. The first kappa shape index (κ1) is 30.5. The Morgan fingerprint density at radius 3 is 2.33 bits per heavy atom. The van der Waals surface area contributed by atoms with Gasteiger partial charge in [0.2, 0.25) is 17.3 Å². The lowest BCUT2D eigenvalue weighted by Gasteiger charge is -2.39. The molecule has 12 heteroatoms. The maximum Gasteiger partial charge on any atom is 0.231 e. The van der Waals surface area contributed by atoms with Crippen LogP contribution in [0.4, 0.5) is 0 Å². The number of nitrogens with zero attached hydrogens (tertiary/aromatic N) is 2. The lowest BCUT2D eigenvalue weighted by molar-refractivity contribution is -0.133. The first-order chi connectivity index (χ1) is 20.5. The summed E-state index contributed by atoms with van der Waals surface area (Å²) in [6.07, 6.45) is -0.323. The summed E-state index contributed by atoms with van der Waals surface area (Å²) in [7, 11) is 6.15. The molecule has 0 aromatic heterocycles. The van der Waals surface area contributed by atoms with Crippen LogP contribution in [0.25, 0.3) is 0 Å². The Balaban J connectivity index is 1.67. The number of hydrogen-bond donors (Lipinski definition) is 2. The van der Waals surface area contributed by atoms with Crippen molar-refractivity contribution in [2.24, 2.45) is 5.92 Å². The topological polar surface area (TPSA) is 135 Å². The monoisotopic (exact) mass is 614 g/mol. The van der Waals surface area contributed by atoms with Gasteiger partial charge in [0.15, 0.2) is 28.8 Å². The molecule has 1 saturated heterocycles. The zero-order chi connectivity index (χ0) is 31.2. The van der Waals surface area contributed by atoms with Crippen LogP contribution in [0.2, 0.25) is 5.02 Å². The van der Waals surface area contributed by atoms with E-state index < -0.39 is 34.8 Å². The first-order valence-electron chi connectivity index (χ1n) is 14.0. The number of aliphatic hydroxyl groups is 1. The highest BCUT2D eigenvalue weighted by Crippen LogP contribution is 2.56. The van der Waals surface area contributed by atoms with E-state index >= 15 is 0 Å². The Morgan fingerprint density at radius 1 is 1.05 bits per heavy atom. The molecule has 1 spiro atoms. The fourth-order valence-electron chi connectivity index (χ4n) is 6.20. The second-order valence-electron chi connectivity index (χ2n) is 11.1. The number of carbonyl (C=O) groups is 3. The number of rotatable bonds is 7. The number of allylic oxidation sites excluding steroid dienone is 1. The second kappa shape index (κ2) is 11.6. The van der Waals surface area contributed by atoms with Crippen molar-refractivity contribution in [2.75, 3.05) is 54.6 Å². The van der Waals surface area contributed by atoms with Gasteiger partial charge in [0.1, 0.15) is 22.1 Å². The molecule has 11 nitrogen and oxygen atoms in total. The van der Waals surface area contributed by atoms with Gasteiger partial charge in [-0.15, -0.1) is 0 Å². The van der Waals surface area contributed by atoms with Crippen molar-refractivity contribution in [3.05, 3.63) is 51.7 Å². The van der Waals surface area contributed by atoms with E-state index in [1.54, 1.807) is 17.9 Å². The fraction of sp³-hybridized carbons (Fsp3) is 0.452. The van der Waals surface area contributed by atoms with Crippen molar-refractivity contribution >= 4 is 29.1 Å². The number of hydrogen-bond acceptors (Lipinski definition) is 10. The van der Waals surface area contributed by atoms with Gasteiger partial charge in [-0.1, -0.05) is 24.6 Å². The second-order valence-corrected chi connectivity index (χ2v) is 11.5. The normalized spacial score (nSPS) is 22.8. The minimum absolute atomic E-state index is 0.0204. The number of ketones is 2. The van der Waals surface area contributed by atoms with E-state index in [9.17, 15) is 24.6 Å². The van der Waals surface area contributed by atoms with E-state index in [1.807, 2.05) is 7.05 Å². The number of piperazine rings is 1. The number of phenolic OH excluding ortho intramolecular Hbond substituents is 1. The van der Waals surface area contributed by atoms with E-state index in [4.69, 9.17) is 30.5 Å². The fourth-order valence-corrected chi connectivity index (χ4v) is 6.46. The van der Waals surface area contributed by atoms with Crippen molar-refractivity contribution in [3.63, 3.8) is 0 Å². The zero-order valence-corrected chi connectivity index (χ0v) is 25.5. The number of aliphatic hydroxyl groups excluding tert-OH is 1. The molecular formula is C31H35ClN2O9. The third-order valence-corrected chi connectivity index (χ3v) is 9.06. The van der Waals surface area contributed by atoms with Crippen LogP contribution in [0.15, 0.2) is 35.6 Å². The van der Waals surface area contributed by atoms with Crippen LogP contribution >= 0.6 is 11.6 Å². The van der Waals surface area contributed by atoms with Gasteiger partial charge < -0.3 is 39.0 Å². The lowest BCUT2D eigenvalue weighted by Crippen LogP contribution is -2.53. The summed E-state index contributed by atoms with van der Waals surface area (Å²) in [6.45, 7) is 4.06. The molecular weight excluding hydrogens is 580 g/mol. The molecule has 3 atom stereocenters. The standard InChI is InChI=1S/C31H35ClN2O9/c1-16-12-20(36)25(29(38)31(16)30(39)26-22(41-4)15-23(42-5)27(32)28(26)43-31)18(17-6-7-19(35)21(13-17)40-3)14-24(37)34-10-8-33(2)9-11-34/h6-7,13,15-16,18,35,38H,8-12,14H2,1-5H3/t16-,18?,31+/m1/s1.